The lowest BCUT2D eigenvalue weighted by Crippen LogP contribution is -2.34. The molecule has 1 aliphatic carbocycles. The molecule has 0 aliphatic heterocycles. The Kier molecular flexibility index (Phi) is 5.94. The highest BCUT2D eigenvalue weighted by Crippen LogP contribution is 2.28. The third kappa shape index (κ3) is 4.67. The van der Waals surface area contributed by atoms with Gasteiger partial charge in [-0.15, -0.1) is 11.3 Å². The molecule has 0 atom stereocenters. The van der Waals surface area contributed by atoms with E-state index < -0.39 is 0 Å². The van der Waals surface area contributed by atoms with Gasteiger partial charge in [0.25, 0.3) is 5.91 Å². The van der Waals surface area contributed by atoms with Gasteiger partial charge in [0.1, 0.15) is 5.82 Å². The number of carbonyl (C=O) groups excluding carboxylic acids is 1. The molecule has 2 aromatic heterocycles. The van der Waals surface area contributed by atoms with Gasteiger partial charge in [-0.3, -0.25) is 4.79 Å². The fourth-order valence-electron chi connectivity index (χ4n) is 3.89. The van der Waals surface area contributed by atoms with E-state index in [4.69, 9.17) is 9.97 Å². The highest BCUT2D eigenvalue weighted by Gasteiger charge is 2.23. The normalized spacial score (nSPS) is 19.1. The molecule has 0 unspecified atom stereocenters. The SMILES string of the molecule is CN(C)c1nc(NC2CCC(CNC(=O)c3cccs3)CC2)nc2ccccc12. The molecule has 4 rings (SSSR count). The van der Waals surface area contributed by atoms with Crippen LogP contribution < -0.4 is 15.5 Å². The monoisotopic (exact) mass is 409 g/mol. The molecule has 0 saturated heterocycles. The van der Waals surface area contributed by atoms with Gasteiger partial charge in [0.15, 0.2) is 0 Å². The van der Waals surface area contributed by atoms with Crippen molar-refractivity contribution in [1.82, 2.24) is 15.3 Å². The highest BCUT2D eigenvalue weighted by molar-refractivity contribution is 7.12. The summed E-state index contributed by atoms with van der Waals surface area (Å²) in [5.74, 6) is 2.21. The fraction of sp³-hybridized carbons (Fsp3) is 0.409. The van der Waals surface area contributed by atoms with Crippen LogP contribution in [0.1, 0.15) is 35.4 Å². The van der Waals surface area contributed by atoms with Crippen LogP contribution in [-0.4, -0.2) is 42.6 Å². The molecule has 1 amide bonds. The summed E-state index contributed by atoms with van der Waals surface area (Å²) in [5.41, 5.74) is 0.957. The van der Waals surface area contributed by atoms with Gasteiger partial charge in [-0.1, -0.05) is 18.2 Å². The van der Waals surface area contributed by atoms with E-state index in [0.29, 0.717) is 17.9 Å². The van der Waals surface area contributed by atoms with Crippen molar-refractivity contribution in [3.8, 4) is 0 Å². The summed E-state index contributed by atoms with van der Waals surface area (Å²) in [5, 5.41) is 9.62. The van der Waals surface area contributed by atoms with Gasteiger partial charge in [0.05, 0.1) is 10.4 Å². The molecule has 1 fully saturated rings. The first-order valence-electron chi connectivity index (χ1n) is 10.1. The van der Waals surface area contributed by atoms with Crippen molar-refractivity contribution < 1.29 is 4.79 Å². The van der Waals surface area contributed by atoms with Gasteiger partial charge in [-0.05, 0) is 55.2 Å². The highest BCUT2D eigenvalue weighted by atomic mass is 32.1. The molecule has 2 heterocycles. The molecular weight excluding hydrogens is 382 g/mol. The minimum atomic E-state index is 0.0426. The first-order valence-corrected chi connectivity index (χ1v) is 11.0. The Bertz CT molecular complexity index is 965. The van der Waals surface area contributed by atoms with Gasteiger partial charge in [0, 0.05) is 32.1 Å². The molecule has 3 aromatic rings. The van der Waals surface area contributed by atoms with E-state index in [0.717, 1.165) is 53.8 Å². The van der Waals surface area contributed by atoms with Gasteiger partial charge < -0.3 is 15.5 Å². The van der Waals surface area contributed by atoms with E-state index in [1.165, 1.54) is 11.3 Å². The zero-order chi connectivity index (χ0) is 20.2. The molecule has 2 N–H and O–H groups in total. The Labute approximate surface area is 175 Å². The van der Waals surface area contributed by atoms with Crippen LogP contribution in [0.3, 0.4) is 0 Å². The molecule has 1 aromatic carbocycles. The smallest absolute Gasteiger partial charge is 0.261 e. The number of fused-ring (bicyclic) bond motifs is 1. The van der Waals surface area contributed by atoms with E-state index in [-0.39, 0.29) is 5.91 Å². The number of hydrogen-bond acceptors (Lipinski definition) is 6. The van der Waals surface area contributed by atoms with Crippen LogP contribution in [-0.2, 0) is 0 Å². The standard InChI is InChI=1S/C22H27N5OS/c1-27(2)20-17-6-3-4-7-18(17)25-22(26-20)24-16-11-9-15(10-12-16)14-23-21(28)19-8-5-13-29-19/h3-8,13,15-16H,9-12,14H2,1-2H3,(H,23,28)(H,24,25,26). The number of rotatable bonds is 6. The second-order valence-corrected chi connectivity index (χ2v) is 8.78. The lowest BCUT2D eigenvalue weighted by atomic mass is 9.86. The van der Waals surface area contributed by atoms with E-state index in [2.05, 4.69) is 16.7 Å². The molecule has 6 nitrogen and oxygen atoms in total. The minimum absolute atomic E-state index is 0.0426. The molecule has 152 valence electrons. The molecule has 0 spiro atoms. The number of nitrogens with one attached hydrogen (secondary N) is 2. The Balaban J connectivity index is 1.33. The number of benzene rings is 1. The summed E-state index contributed by atoms with van der Waals surface area (Å²) in [6, 6.07) is 12.3. The summed E-state index contributed by atoms with van der Waals surface area (Å²) in [4.78, 5) is 24.4. The fourth-order valence-corrected chi connectivity index (χ4v) is 4.53. The van der Waals surface area contributed by atoms with Crippen molar-refractivity contribution in [3.63, 3.8) is 0 Å². The van der Waals surface area contributed by atoms with Crippen LogP contribution in [0, 0.1) is 5.92 Å². The summed E-state index contributed by atoms with van der Waals surface area (Å²) in [7, 11) is 4.02. The zero-order valence-corrected chi connectivity index (χ0v) is 17.7. The lowest BCUT2D eigenvalue weighted by Gasteiger charge is -2.29. The second kappa shape index (κ2) is 8.78. The molecule has 0 radical (unpaired) electrons. The number of amides is 1. The van der Waals surface area contributed by atoms with Crippen LogP contribution >= 0.6 is 11.3 Å². The summed E-state index contributed by atoms with van der Waals surface area (Å²) in [6.45, 7) is 0.751. The van der Waals surface area contributed by atoms with E-state index in [1.807, 2.05) is 54.7 Å². The molecular formula is C22H27N5OS. The Hall–Kier alpha value is -2.67. The molecule has 1 saturated carbocycles. The second-order valence-electron chi connectivity index (χ2n) is 7.83. The number of nitrogens with zero attached hydrogens (tertiary/aromatic N) is 3. The maximum Gasteiger partial charge on any atom is 0.261 e. The predicted molar refractivity (Wildman–Crippen MR) is 120 cm³/mol. The predicted octanol–water partition coefficient (Wildman–Crippen LogP) is 4.16. The maximum absolute atomic E-state index is 12.1. The largest absolute Gasteiger partial charge is 0.362 e. The van der Waals surface area contributed by atoms with Crippen molar-refractivity contribution in [2.75, 3.05) is 30.9 Å². The lowest BCUT2D eigenvalue weighted by molar-refractivity contribution is 0.0947. The average molecular weight is 410 g/mol. The zero-order valence-electron chi connectivity index (χ0n) is 16.9. The van der Waals surface area contributed by atoms with E-state index in [1.54, 1.807) is 0 Å². The number of hydrogen-bond donors (Lipinski definition) is 2. The Morgan fingerprint density at radius 2 is 1.90 bits per heavy atom. The third-order valence-corrected chi connectivity index (χ3v) is 6.35. The number of anilines is 2. The maximum atomic E-state index is 12.1. The van der Waals surface area contributed by atoms with Crippen molar-refractivity contribution in [2.24, 2.45) is 5.92 Å². The van der Waals surface area contributed by atoms with Crippen molar-refractivity contribution in [2.45, 2.75) is 31.7 Å². The third-order valence-electron chi connectivity index (χ3n) is 5.48. The van der Waals surface area contributed by atoms with Crippen LogP contribution in [0.15, 0.2) is 41.8 Å². The summed E-state index contributed by atoms with van der Waals surface area (Å²) in [6.07, 6.45) is 4.31. The Morgan fingerprint density at radius 1 is 1.10 bits per heavy atom. The molecule has 29 heavy (non-hydrogen) atoms. The van der Waals surface area contributed by atoms with Gasteiger partial charge in [-0.25, -0.2) is 4.98 Å². The topological polar surface area (TPSA) is 70.2 Å². The van der Waals surface area contributed by atoms with Crippen LogP contribution in [0.4, 0.5) is 11.8 Å². The first kappa shape index (κ1) is 19.6. The van der Waals surface area contributed by atoms with Crippen LogP contribution in [0.5, 0.6) is 0 Å². The van der Waals surface area contributed by atoms with Crippen molar-refractivity contribution in [1.29, 1.82) is 0 Å². The first-order chi connectivity index (χ1) is 14.1. The van der Waals surface area contributed by atoms with Crippen molar-refractivity contribution >= 4 is 39.9 Å². The number of thiophene rings is 1. The molecule has 0 bridgehead atoms. The molecule has 7 heteroatoms. The van der Waals surface area contributed by atoms with E-state index in [9.17, 15) is 4.79 Å². The van der Waals surface area contributed by atoms with Crippen LogP contribution in [0.25, 0.3) is 10.9 Å². The number of carbonyl (C=O) groups is 1. The van der Waals surface area contributed by atoms with Crippen molar-refractivity contribution in [3.05, 3.63) is 46.7 Å². The van der Waals surface area contributed by atoms with Crippen LogP contribution in [0.2, 0.25) is 0 Å². The summed E-state index contributed by atoms with van der Waals surface area (Å²) >= 11 is 1.48. The quantitative estimate of drug-likeness (QED) is 0.640. The average Bonchev–Trinajstić information content (AvgIpc) is 3.27. The number of aromatic nitrogens is 2. The molecule has 1 aliphatic rings. The van der Waals surface area contributed by atoms with Gasteiger partial charge in [-0.2, -0.15) is 4.98 Å². The van der Waals surface area contributed by atoms with Gasteiger partial charge in [0.2, 0.25) is 5.95 Å². The Morgan fingerprint density at radius 3 is 2.62 bits per heavy atom. The summed E-state index contributed by atoms with van der Waals surface area (Å²) < 4.78 is 0. The van der Waals surface area contributed by atoms with E-state index >= 15 is 0 Å². The number of para-hydroxylation sites is 1. The minimum Gasteiger partial charge on any atom is -0.362 e. The van der Waals surface area contributed by atoms with Gasteiger partial charge >= 0.3 is 0 Å².